The van der Waals surface area contributed by atoms with Crippen molar-refractivity contribution < 1.29 is 0 Å². The minimum Gasteiger partial charge on any atom is -0.0856 e. The molecule has 0 aliphatic carbocycles. The van der Waals surface area contributed by atoms with Gasteiger partial charge in [-0.15, -0.1) is 0 Å². The largest absolute Gasteiger partial charge is 0.0856 e. The van der Waals surface area contributed by atoms with Crippen LogP contribution in [0.5, 0.6) is 0 Å². The number of benzene rings is 1. The first-order valence-corrected chi connectivity index (χ1v) is 10.1. The van der Waals surface area contributed by atoms with E-state index in [1.54, 1.807) is 0 Å². The van der Waals surface area contributed by atoms with E-state index in [1.807, 2.05) is 0 Å². The summed E-state index contributed by atoms with van der Waals surface area (Å²) in [6, 6.07) is 10.7. The molecule has 0 amide bonds. The highest BCUT2D eigenvalue weighted by molar-refractivity contribution is 5.19. The smallest absolute Gasteiger partial charge is 0.00949 e. The molecule has 0 aromatic heterocycles. The van der Waals surface area contributed by atoms with Gasteiger partial charge in [-0.2, -0.15) is 0 Å². The topological polar surface area (TPSA) is 0 Å². The zero-order valence-electron chi connectivity index (χ0n) is 17.6. The molecule has 1 aromatic rings. The van der Waals surface area contributed by atoms with E-state index in [4.69, 9.17) is 0 Å². The first-order chi connectivity index (χ1) is 12.5. The molecule has 1 aromatic carbocycles. The summed E-state index contributed by atoms with van der Waals surface area (Å²) in [5, 5.41) is 0. The predicted molar refractivity (Wildman–Crippen MR) is 119 cm³/mol. The molecule has 0 fully saturated rings. The first kappa shape index (κ1) is 22.2. The first-order valence-electron chi connectivity index (χ1n) is 10.1. The molecule has 0 radical (unpaired) electrons. The van der Waals surface area contributed by atoms with Gasteiger partial charge in [-0.05, 0) is 85.1 Å². The summed E-state index contributed by atoms with van der Waals surface area (Å²) >= 11 is 0. The zero-order chi connectivity index (χ0) is 19.2. The molecule has 142 valence electrons. The van der Waals surface area contributed by atoms with Crippen LogP contribution in [0.15, 0.2) is 76.9 Å². The molecule has 1 rings (SSSR count). The molecule has 0 atom stereocenters. The van der Waals surface area contributed by atoms with Crippen molar-refractivity contribution in [2.75, 3.05) is 0 Å². The molecule has 0 bridgehead atoms. The molecule has 0 heterocycles. The van der Waals surface area contributed by atoms with Crippen LogP contribution in [-0.4, -0.2) is 0 Å². The SMILES string of the molecule is CC(C)=CCC/C(C)=C/CC/C(C)=C/CC/C(C)=C/Cc1ccccc1. The van der Waals surface area contributed by atoms with Crippen LogP contribution in [0.4, 0.5) is 0 Å². The van der Waals surface area contributed by atoms with E-state index < -0.39 is 0 Å². The summed E-state index contributed by atoms with van der Waals surface area (Å²) in [6.45, 7) is 11.1. The van der Waals surface area contributed by atoms with Gasteiger partial charge in [0.25, 0.3) is 0 Å². The Kier molecular flexibility index (Phi) is 11.4. The fourth-order valence-electron chi connectivity index (χ4n) is 2.89. The Morgan fingerprint density at radius 2 is 1.08 bits per heavy atom. The van der Waals surface area contributed by atoms with Gasteiger partial charge in [0.1, 0.15) is 0 Å². The highest BCUT2D eigenvalue weighted by Crippen LogP contribution is 2.14. The van der Waals surface area contributed by atoms with Crippen molar-refractivity contribution >= 4 is 0 Å². The van der Waals surface area contributed by atoms with Crippen molar-refractivity contribution in [1.82, 2.24) is 0 Å². The van der Waals surface area contributed by atoms with E-state index in [1.165, 1.54) is 60.0 Å². The fourth-order valence-corrected chi connectivity index (χ4v) is 2.89. The lowest BCUT2D eigenvalue weighted by molar-refractivity contribution is 0.898. The molecule has 0 spiro atoms. The maximum Gasteiger partial charge on any atom is -0.00949 e. The molecule has 0 heteroatoms. The lowest BCUT2D eigenvalue weighted by atomic mass is 10.0. The lowest BCUT2D eigenvalue weighted by Crippen LogP contribution is -1.84. The second-order valence-corrected chi connectivity index (χ2v) is 7.74. The quantitative estimate of drug-likeness (QED) is 0.351. The third kappa shape index (κ3) is 11.7. The predicted octanol–water partition coefficient (Wildman–Crippen LogP) is 8.37. The number of rotatable bonds is 11. The van der Waals surface area contributed by atoms with Crippen molar-refractivity contribution in [3.05, 3.63) is 82.5 Å². The third-order valence-corrected chi connectivity index (χ3v) is 4.68. The fraction of sp³-hybridized carbons (Fsp3) is 0.462. The van der Waals surface area contributed by atoms with E-state index in [-0.39, 0.29) is 0 Å². The molecule has 0 aliphatic heterocycles. The monoisotopic (exact) mass is 350 g/mol. The van der Waals surface area contributed by atoms with Gasteiger partial charge in [0.2, 0.25) is 0 Å². The van der Waals surface area contributed by atoms with Gasteiger partial charge in [0, 0.05) is 0 Å². The Morgan fingerprint density at radius 1 is 0.615 bits per heavy atom. The van der Waals surface area contributed by atoms with Crippen LogP contribution >= 0.6 is 0 Å². The van der Waals surface area contributed by atoms with Crippen LogP contribution in [0, 0.1) is 0 Å². The Morgan fingerprint density at radius 3 is 1.58 bits per heavy atom. The molecule has 0 aliphatic rings. The van der Waals surface area contributed by atoms with Crippen LogP contribution in [0.3, 0.4) is 0 Å². The Balaban J connectivity index is 2.25. The Hall–Kier alpha value is -1.82. The van der Waals surface area contributed by atoms with Crippen LogP contribution in [-0.2, 0) is 6.42 Å². The van der Waals surface area contributed by atoms with Gasteiger partial charge in [-0.1, -0.05) is 76.9 Å². The van der Waals surface area contributed by atoms with Crippen LogP contribution < -0.4 is 0 Å². The number of hydrogen-bond acceptors (Lipinski definition) is 0. The van der Waals surface area contributed by atoms with Gasteiger partial charge < -0.3 is 0 Å². The van der Waals surface area contributed by atoms with E-state index in [0.29, 0.717) is 0 Å². The second kappa shape index (κ2) is 13.4. The van der Waals surface area contributed by atoms with E-state index >= 15 is 0 Å². The zero-order valence-corrected chi connectivity index (χ0v) is 17.6. The van der Waals surface area contributed by atoms with Crippen molar-refractivity contribution in [2.24, 2.45) is 0 Å². The maximum absolute atomic E-state index is 2.42. The van der Waals surface area contributed by atoms with Crippen molar-refractivity contribution in [3.63, 3.8) is 0 Å². The van der Waals surface area contributed by atoms with Gasteiger partial charge in [-0.3, -0.25) is 0 Å². The maximum atomic E-state index is 2.42. The molecular formula is C26H38. The summed E-state index contributed by atoms with van der Waals surface area (Å²) < 4.78 is 0. The summed E-state index contributed by atoms with van der Waals surface area (Å²) in [6.07, 6.45) is 17.6. The molecular weight excluding hydrogens is 312 g/mol. The minimum absolute atomic E-state index is 1.05. The normalized spacial score (nSPS) is 13.0. The van der Waals surface area contributed by atoms with Gasteiger partial charge in [-0.25, -0.2) is 0 Å². The highest BCUT2D eigenvalue weighted by Gasteiger charge is 1.94. The summed E-state index contributed by atoms with van der Waals surface area (Å²) in [5.74, 6) is 0. The second-order valence-electron chi connectivity index (χ2n) is 7.74. The Bertz CT molecular complexity index is 619. The molecule has 26 heavy (non-hydrogen) atoms. The summed E-state index contributed by atoms with van der Waals surface area (Å²) in [4.78, 5) is 0. The molecule has 0 saturated carbocycles. The van der Waals surface area contributed by atoms with E-state index in [2.05, 4.69) is 89.3 Å². The van der Waals surface area contributed by atoms with Crippen LogP contribution in [0.1, 0.15) is 78.7 Å². The van der Waals surface area contributed by atoms with Crippen LogP contribution in [0.2, 0.25) is 0 Å². The summed E-state index contributed by atoms with van der Waals surface area (Å²) in [7, 11) is 0. The average molecular weight is 351 g/mol. The Labute approximate surface area is 162 Å². The molecule has 0 N–H and O–H groups in total. The minimum atomic E-state index is 1.05. The standard InChI is InChI=1S/C26H38/c1-22(2)12-9-13-23(3)14-10-15-24(4)16-11-17-25(5)20-21-26-18-7-6-8-19-26/h6-8,12,14,16,18-20H,9-11,13,15,17,21H2,1-5H3/b23-14+,24-16+,25-20+. The lowest BCUT2D eigenvalue weighted by Gasteiger charge is -2.03. The summed E-state index contributed by atoms with van der Waals surface area (Å²) in [5.41, 5.74) is 7.35. The number of allylic oxidation sites excluding steroid dienone is 8. The van der Waals surface area contributed by atoms with E-state index in [9.17, 15) is 0 Å². The van der Waals surface area contributed by atoms with Gasteiger partial charge in [0.15, 0.2) is 0 Å². The molecule has 0 saturated heterocycles. The van der Waals surface area contributed by atoms with Gasteiger partial charge in [0.05, 0.1) is 0 Å². The van der Waals surface area contributed by atoms with Crippen molar-refractivity contribution in [3.8, 4) is 0 Å². The van der Waals surface area contributed by atoms with Gasteiger partial charge >= 0.3 is 0 Å². The van der Waals surface area contributed by atoms with Crippen LogP contribution in [0.25, 0.3) is 0 Å². The molecule has 0 nitrogen and oxygen atoms in total. The molecule has 0 unspecified atom stereocenters. The number of hydrogen-bond donors (Lipinski definition) is 0. The average Bonchev–Trinajstić information content (AvgIpc) is 2.60. The van der Waals surface area contributed by atoms with E-state index in [0.717, 1.165) is 12.8 Å². The highest BCUT2D eigenvalue weighted by atomic mass is 14.0. The van der Waals surface area contributed by atoms with Crippen molar-refractivity contribution in [1.29, 1.82) is 0 Å². The van der Waals surface area contributed by atoms with Crippen molar-refractivity contribution in [2.45, 2.75) is 79.6 Å². The third-order valence-electron chi connectivity index (χ3n) is 4.68.